The number of phenolic OH excluding ortho intramolecular Hbond substituents is 1. The summed E-state index contributed by atoms with van der Waals surface area (Å²) in [5, 5.41) is 11.1. The number of phenols is 1. The van der Waals surface area contributed by atoms with Crippen molar-refractivity contribution in [1.29, 1.82) is 0 Å². The summed E-state index contributed by atoms with van der Waals surface area (Å²) in [6, 6.07) is 10.6. The molecule has 1 aromatic heterocycles. The summed E-state index contributed by atoms with van der Waals surface area (Å²) in [7, 11) is 1.51. The Morgan fingerprint density at radius 1 is 1.17 bits per heavy atom. The third-order valence-corrected chi connectivity index (χ3v) is 4.08. The van der Waals surface area contributed by atoms with Crippen LogP contribution in [0.25, 0.3) is 20.2 Å². The quantitative estimate of drug-likeness (QED) is 0.682. The largest absolute Gasteiger partial charge is 0.506 e. The van der Waals surface area contributed by atoms with Crippen molar-refractivity contribution < 1.29 is 9.84 Å². The van der Waals surface area contributed by atoms with Crippen LogP contribution in [0.3, 0.4) is 0 Å². The van der Waals surface area contributed by atoms with E-state index >= 15 is 0 Å². The molecular weight excluding hydrogens is 248 g/mol. The number of hydrogen-bond acceptors (Lipinski definition) is 4. The number of rotatable bonds is 1. The lowest BCUT2D eigenvalue weighted by Crippen LogP contribution is -2.01. The monoisotopic (exact) mass is 258 g/mol. The molecule has 3 aromatic rings. The first kappa shape index (κ1) is 11.0. The first-order chi connectivity index (χ1) is 8.70. The zero-order valence-corrected chi connectivity index (χ0v) is 10.5. The molecule has 2 aromatic carbocycles. The van der Waals surface area contributed by atoms with Gasteiger partial charge in [0.2, 0.25) is 0 Å². The lowest BCUT2D eigenvalue weighted by atomic mass is 10.1. The molecule has 0 aliphatic rings. The van der Waals surface area contributed by atoms with Crippen molar-refractivity contribution in [1.82, 2.24) is 0 Å². The summed E-state index contributed by atoms with van der Waals surface area (Å²) >= 11 is 1.41. The van der Waals surface area contributed by atoms with Crippen molar-refractivity contribution in [3.05, 3.63) is 46.6 Å². The smallest absolute Gasteiger partial charge is 0.196 e. The zero-order valence-electron chi connectivity index (χ0n) is 9.64. The molecule has 0 amide bonds. The number of ether oxygens (including phenoxy) is 1. The van der Waals surface area contributed by atoms with Gasteiger partial charge in [0.05, 0.1) is 11.8 Å². The number of methoxy groups -OCH3 is 1. The minimum Gasteiger partial charge on any atom is -0.506 e. The van der Waals surface area contributed by atoms with E-state index in [1.54, 1.807) is 12.1 Å². The molecule has 0 saturated carbocycles. The molecule has 1 N–H and O–H groups in total. The van der Waals surface area contributed by atoms with Crippen LogP contribution >= 0.6 is 11.3 Å². The van der Waals surface area contributed by atoms with Gasteiger partial charge in [-0.2, -0.15) is 0 Å². The normalized spacial score (nSPS) is 10.9. The average molecular weight is 258 g/mol. The molecular formula is C14H10O3S. The van der Waals surface area contributed by atoms with E-state index in [1.807, 2.05) is 18.2 Å². The van der Waals surface area contributed by atoms with Gasteiger partial charge in [-0.25, -0.2) is 0 Å². The third kappa shape index (κ3) is 1.54. The topological polar surface area (TPSA) is 46.5 Å². The van der Waals surface area contributed by atoms with Crippen molar-refractivity contribution in [2.45, 2.75) is 0 Å². The molecule has 0 aliphatic heterocycles. The minimum atomic E-state index is -0.0754. The summed E-state index contributed by atoms with van der Waals surface area (Å²) in [4.78, 5) is 12.3. The molecule has 0 saturated heterocycles. The Kier molecular flexibility index (Phi) is 2.45. The van der Waals surface area contributed by atoms with Crippen molar-refractivity contribution in [2.75, 3.05) is 7.11 Å². The van der Waals surface area contributed by atoms with Gasteiger partial charge < -0.3 is 9.84 Å². The predicted octanol–water partition coefficient (Wildman–Crippen LogP) is 3.13. The Labute approximate surface area is 107 Å². The Morgan fingerprint density at radius 3 is 2.72 bits per heavy atom. The second kappa shape index (κ2) is 3.99. The van der Waals surface area contributed by atoms with E-state index in [9.17, 15) is 9.90 Å². The first-order valence-corrected chi connectivity index (χ1v) is 6.25. The molecule has 0 fully saturated rings. The van der Waals surface area contributed by atoms with Crippen LogP contribution in [-0.2, 0) is 0 Å². The van der Waals surface area contributed by atoms with Gasteiger partial charge in [-0.15, -0.1) is 11.3 Å². The highest BCUT2D eigenvalue weighted by molar-refractivity contribution is 7.24. The summed E-state index contributed by atoms with van der Waals surface area (Å²) in [6.07, 6.45) is 0. The molecule has 0 radical (unpaired) electrons. The predicted molar refractivity (Wildman–Crippen MR) is 73.8 cm³/mol. The average Bonchev–Trinajstić information content (AvgIpc) is 2.40. The van der Waals surface area contributed by atoms with Crippen molar-refractivity contribution in [3.8, 4) is 11.5 Å². The Balaban J connectivity index is 2.56. The Hall–Kier alpha value is -2.07. The second-order valence-electron chi connectivity index (χ2n) is 3.95. The lowest BCUT2D eigenvalue weighted by molar-refractivity contribution is 0.409. The summed E-state index contributed by atoms with van der Waals surface area (Å²) in [5.41, 5.74) is -0.0754. The van der Waals surface area contributed by atoms with Gasteiger partial charge in [0.25, 0.3) is 0 Å². The molecule has 3 nitrogen and oxygen atoms in total. The van der Waals surface area contributed by atoms with E-state index in [1.165, 1.54) is 24.5 Å². The number of fused-ring (bicyclic) bond motifs is 2. The molecule has 4 heteroatoms. The van der Waals surface area contributed by atoms with Crippen LogP contribution in [0.5, 0.6) is 11.5 Å². The Bertz CT molecular complexity index is 805. The van der Waals surface area contributed by atoms with E-state index in [4.69, 9.17) is 4.74 Å². The molecule has 3 rings (SSSR count). The maximum atomic E-state index is 12.3. The number of aromatic hydroxyl groups is 1. The van der Waals surface area contributed by atoms with Crippen LogP contribution in [0, 0.1) is 0 Å². The van der Waals surface area contributed by atoms with E-state index in [0.29, 0.717) is 21.2 Å². The molecule has 0 spiro atoms. The molecule has 1 heterocycles. The minimum absolute atomic E-state index is 0.0754. The molecule has 0 bridgehead atoms. The van der Waals surface area contributed by atoms with Gasteiger partial charge in [0.15, 0.2) is 5.43 Å². The Morgan fingerprint density at radius 2 is 1.94 bits per heavy atom. The molecule has 90 valence electrons. The van der Waals surface area contributed by atoms with Gasteiger partial charge >= 0.3 is 0 Å². The standard InChI is InChI=1S/C14H10O3S/c1-17-8-6-10-13(16)9-4-2-3-5-12(9)18-14(10)11(15)7-8/h2-7,15H,1H3. The van der Waals surface area contributed by atoms with Crippen LogP contribution in [-0.4, -0.2) is 12.2 Å². The third-order valence-electron chi connectivity index (χ3n) is 2.87. The van der Waals surface area contributed by atoms with E-state index in [0.717, 1.165) is 4.70 Å². The van der Waals surface area contributed by atoms with Gasteiger partial charge in [-0.1, -0.05) is 12.1 Å². The van der Waals surface area contributed by atoms with Crippen LogP contribution in [0.2, 0.25) is 0 Å². The summed E-state index contributed by atoms with van der Waals surface area (Å²) < 4.78 is 6.54. The van der Waals surface area contributed by atoms with Crippen molar-refractivity contribution in [2.24, 2.45) is 0 Å². The zero-order chi connectivity index (χ0) is 12.7. The highest BCUT2D eigenvalue weighted by Gasteiger charge is 2.10. The van der Waals surface area contributed by atoms with Crippen LogP contribution < -0.4 is 10.2 Å². The maximum absolute atomic E-state index is 12.3. The maximum Gasteiger partial charge on any atom is 0.196 e. The van der Waals surface area contributed by atoms with E-state index < -0.39 is 0 Å². The van der Waals surface area contributed by atoms with Gasteiger partial charge in [-0.05, 0) is 18.2 Å². The lowest BCUT2D eigenvalue weighted by Gasteiger charge is -2.05. The molecule has 0 atom stereocenters. The fourth-order valence-electron chi connectivity index (χ4n) is 1.98. The number of benzene rings is 2. The molecule has 18 heavy (non-hydrogen) atoms. The summed E-state index contributed by atoms with van der Waals surface area (Å²) in [5.74, 6) is 0.566. The highest BCUT2D eigenvalue weighted by Crippen LogP contribution is 2.34. The van der Waals surface area contributed by atoms with Gasteiger partial charge in [-0.3, -0.25) is 4.79 Å². The summed E-state index contributed by atoms with van der Waals surface area (Å²) in [6.45, 7) is 0. The molecule has 0 unspecified atom stereocenters. The van der Waals surface area contributed by atoms with Crippen molar-refractivity contribution in [3.63, 3.8) is 0 Å². The van der Waals surface area contributed by atoms with Gasteiger partial charge in [0, 0.05) is 21.5 Å². The van der Waals surface area contributed by atoms with Crippen molar-refractivity contribution >= 4 is 31.5 Å². The van der Waals surface area contributed by atoms with Gasteiger partial charge in [0.1, 0.15) is 11.5 Å². The van der Waals surface area contributed by atoms with Crippen LogP contribution in [0.15, 0.2) is 41.2 Å². The van der Waals surface area contributed by atoms with Crippen LogP contribution in [0.4, 0.5) is 0 Å². The second-order valence-corrected chi connectivity index (χ2v) is 5.00. The highest BCUT2D eigenvalue weighted by atomic mass is 32.1. The van der Waals surface area contributed by atoms with E-state index in [2.05, 4.69) is 0 Å². The SMILES string of the molecule is COc1cc(O)c2sc3ccccc3c(=O)c2c1. The number of hydrogen-bond donors (Lipinski definition) is 1. The molecule has 0 aliphatic carbocycles. The van der Waals surface area contributed by atoms with Crippen LogP contribution in [0.1, 0.15) is 0 Å². The fourth-order valence-corrected chi connectivity index (χ4v) is 3.04. The first-order valence-electron chi connectivity index (χ1n) is 5.43. The van der Waals surface area contributed by atoms with E-state index in [-0.39, 0.29) is 11.2 Å². The fraction of sp³-hybridized carbons (Fsp3) is 0.0714.